The van der Waals surface area contributed by atoms with Gasteiger partial charge in [-0.25, -0.2) is 0 Å². The molecule has 2 aromatic heterocycles. The van der Waals surface area contributed by atoms with Gasteiger partial charge in [-0.1, -0.05) is 25.3 Å². The number of pyridine rings is 1. The summed E-state index contributed by atoms with van der Waals surface area (Å²) in [6, 6.07) is 6.03. The zero-order valence-electron chi connectivity index (χ0n) is 12.6. The van der Waals surface area contributed by atoms with Crippen LogP contribution in [0.2, 0.25) is 0 Å². The zero-order chi connectivity index (χ0) is 14.7. The molecule has 1 aliphatic rings. The van der Waals surface area contributed by atoms with Crippen LogP contribution in [0.1, 0.15) is 50.9 Å². The average Bonchev–Trinajstić information content (AvgIpc) is 2.98. The Morgan fingerprint density at radius 1 is 1.29 bits per heavy atom. The smallest absolute Gasteiger partial charge is 0.160 e. The number of aromatic nitrogens is 3. The number of rotatable bonds is 5. The Hall–Kier alpha value is -1.46. The highest BCUT2D eigenvalue weighted by Crippen LogP contribution is 2.35. The van der Waals surface area contributed by atoms with Crippen molar-refractivity contribution in [2.75, 3.05) is 13.2 Å². The Bertz CT molecular complexity index is 589. The minimum Gasteiger partial charge on any atom is -0.396 e. The van der Waals surface area contributed by atoms with Crippen molar-refractivity contribution in [2.45, 2.75) is 45.1 Å². The standard InChI is InChI=1S/C16H24N4O/c1-13(15-19-18-14-7-3-6-10-20(14)15)17-11-16(12-21)8-4-2-5-9-16/h3,6-7,10,13,17,21H,2,4-5,8-9,11-12H2,1H3. The van der Waals surface area contributed by atoms with Crippen LogP contribution in [-0.2, 0) is 0 Å². The molecule has 1 unspecified atom stereocenters. The summed E-state index contributed by atoms with van der Waals surface area (Å²) in [5, 5.41) is 21.8. The number of aliphatic hydroxyl groups is 1. The largest absolute Gasteiger partial charge is 0.396 e. The summed E-state index contributed by atoms with van der Waals surface area (Å²) < 4.78 is 2.02. The molecular formula is C16H24N4O. The SMILES string of the molecule is CC(NCC1(CO)CCCCC1)c1nnc2ccccn12. The lowest BCUT2D eigenvalue weighted by Crippen LogP contribution is -2.40. The Morgan fingerprint density at radius 3 is 2.86 bits per heavy atom. The molecule has 0 aromatic carbocycles. The molecule has 0 saturated heterocycles. The van der Waals surface area contributed by atoms with Gasteiger partial charge in [0.1, 0.15) is 0 Å². The van der Waals surface area contributed by atoms with E-state index in [1.165, 1.54) is 19.3 Å². The fourth-order valence-corrected chi connectivity index (χ4v) is 3.31. The predicted octanol–water partition coefficient (Wildman–Crippen LogP) is 2.32. The van der Waals surface area contributed by atoms with Gasteiger partial charge in [-0.15, -0.1) is 10.2 Å². The van der Waals surface area contributed by atoms with E-state index in [4.69, 9.17) is 0 Å². The monoisotopic (exact) mass is 288 g/mol. The first-order valence-corrected chi connectivity index (χ1v) is 7.88. The summed E-state index contributed by atoms with van der Waals surface area (Å²) in [6.45, 7) is 3.22. The fourth-order valence-electron chi connectivity index (χ4n) is 3.31. The lowest BCUT2D eigenvalue weighted by atomic mass is 9.74. The van der Waals surface area contributed by atoms with Gasteiger partial charge >= 0.3 is 0 Å². The quantitative estimate of drug-likeness (QED) is 0.886. The summed E-state index contributed by atoms with van der Waals surface area (Å²) in [5.74, 6) is 0.925. The molecule has 1 fully saturated rings. The maximum Gasteiger partial charge on any atom is 0.160 e. The Labute approximate surface area is 125 Å². The molecule has 5 nitrogen and oxygen atoms in total. The van der Waals surface area contributed by atoms with E-state index in [9.17, 15) is 5.11 Å². The highest BCUT2D eigenvalue weighted by molar-refractivity contribution is 5.37. The van der Waals surface area contributed by atoms with E-state index in [-0.39, 0.29) is 18.1 Å². The normalized spacial score (nSPS) is 19.7. The van der Waals surface area contributed by atoms with E-state index >= 15 is 0 Å². The van der Waals surface area contributed by atoms with E-state index in [1.54, 1.807) is 0 Å². The molecule has 3 rings (SSSR count). The van der Waals surface area contributed by atoms with Gasteiger partial charge in [-0.3, -0.25) is 4.40 Å². The van der Waals surface area contributed by atoms with Gasteiger partial charge in [-0.05, 0) is 31.9 Å². The third kappa shape index (κ3) is 2.94. The van der Waals surface area contributed by atoms with Crippen molar-refractivity contribution in [2.24, 2.45) is 5.41 Å². The Morgan fingerprint density at radius 2 is 2.10 bits per heavy atom. The number of fused-ring (bicyclic) bond motifs is 1. The van der Waals surface area contributed by atoms with Gasteiger partial charge in [0.2, 0.25) is 0 Å². The van der Waals surface area contributed by atoms with Crippen molar-refractivity contribution in [3.8, 4) is 0 Å². The molecule has 0 radical (unpaired) electrons. The molecule has 0 amide bonds. The first-order chi connectivity index (χ1) is 10.2. The highest BCUT2D eigenvalue weighted by atomic mass is 16.3. The number of aliphatic hydroxyl groups excluding tert-OH is 1. The first kappa shape index (κ1) is 14.5. The molecule has 114 valence electrons. The topological polar surface area (TPSA) is 62.5 Å². The van der Waals surface area contributed by atoms with Crippen molar-refractivity contribution in [3.05, 3.63) is 30.2 Å². The van der Waals surface area contributed by atoms with Crippen LogP contribution in [0.25, 0.3) is 5.65 Å². The minimum absolute atomic E-state index is 0.0486. The Balaban J connectivity index is 1.70. The van der Waals surface area contributed by atoms with Gasteiger partial charge < -0.3 is 10.4 Å². The van der Waals surface area contributed by atoms with Crippen LogP contribution in [0.3, 0.4) is 0 Å². The second-order valence-corrected chi connectivity index (χ2v) is 6.31. The molecule has 1 aliphatic carbocycles. The van der Waals surface area contributed by atoms with E-state index in [1.807, 2.05) is 28.8 Å². The van der Waals surface area contributed by atoms with Gasteiger partial charge in [0.15, 0.2) is 11.5 Å². The maximum atomic E-state index is 9.78. The van der Waals surface area contributed by atoms with Crippen LogP contribution < -0.4 is 5.32 Å². The third-order valence-corrected chi connectivity index (χ3v) is 4.76. The number of hydrogen-bond acceptors (Lipinski definition) is 4. The molecule has 2 aromatic rings. The van der Waals surface area contributed by atoms with E-state index in [0.717, 1.165) is 30.9 Å². The van der Waals surface area contributed by atoms with E-state index < -0.39 is 0 Å². The van der Waals surface area contributed by atoms with Crippen LogP contribution in [0.4, 0.5) is 0 Å². The molecule has 5 heteroatoms. The van der Waals surface area contributed by atoms with Crippen molar-refractivity contribution >= 4 is 5.65 Å². The molecule has 0 bridgehead atoms. The first-order valence-electron chi connectivity index (χ1n) is 7.88. The molecule has 2 N–H and O–H groups in total. The summed E-state index contributed by atoms with van der Waals surface area (Å²) in [7, 11) is 0. The maximum absolute atomic E-state index is 9.78. The lowest BCUT2D eigenvalue weighted by Gasteiger charge is -2.36. The van der Waals surface area contributed by atoms with Crippen LogP contribution >= 0.6 is 0 Å². The van der Waals surface area contributed by atoms with Crippen LogP contribution in [0.15, 0.2) is 24.4 Å². The third-order valence-electron chi connectivity index (χ3n) is 4.76. The molecule has 1 saturated carbocycles. The molecule has 2 heterocycles. The zero-order valence-corrected chi connectivity index (χ0v) is 12.6. The van der Waals surface area contributed by atoms with E-state index in [2.05, 4.69) is 22.4 Å². The highest BCUT2D eigenvalue weighted by Gasteiger charge is 2.31. The summed E-state index contributed by atoms with van der Waals surface area (Å²) in [6.07, 6.45) is 7.97. The Kier molecular flexibility index (Phi) is 4.22. The van der Waals surface area contributed by atoms with E-state index in [0.29, 0.717) is 0 Å². The second-order valence-electron chi connectivity index (χ2n) is 6.31. The molecular weight excluding hydrogens is 264 g/mol. The van der Waals surface area contributed by atoms with Gasteiger partial charge in [-0.2, -0.15) is 0 Å². The fraction of sp³-hybridized carbons (Fsp3) is 0.625. The predicted molar refractivity (Wildman–Crippen MR) is 82.0 cm³/mol. The number of nitrogens with zero attached hydrogens (tertiary/aromatic N) is 3. The summed E-state index contributed by atoms with van der Waals surface area (Å²) >= 11 is 0. The molecule has 0 spiro atoms. The van der Waals surface area contributed by atoms with Gasteiger partial charge in [0.25, 0.3) is 0 Å². The lowest BCUT2D eigenvalue weighted by molar-refractivity contribution is 0.0785. The van der Waals surface area contributed by atoms with Crippen molar-refractivity contribution in [3.63, 3.8) is 0 Å². The summed E-state index contributed by atoms with van der Waals surface area (Å²) in [5.41, 5.74) is 0.920. The van der Waals surface area contributed by atoms with Crippen LogP contribution in [0.5, 0.6) is 0 Å². The summed E-state index contributed by atoms with van der Waals surface area (Å²) in [4.78, 5) is 0. The average molecular weight is 288 g/mol. The minimum atomic E-state index is 0.0486. The molecule has 21 heavy (non-hydrogen) atoms. The van der Waals surface area contributed by atoms with Crippen LogP contribution in [0, 0.1) is 5.41 Å². The molecule has 1 atom stereocenters. The van der Waals surface area contributed by atoms with Gasteiger partial charge in [0, 0.05) is 24.8 Å². The number of nitrogens with one attached hydrogen (secondary N) is 1. The van der Waals surface area contributed by atoms with Crippen molar-refractivity contribution < 1.29 is 5.11 Å². The van der Waals surface area contributed by atoms with Gasteiger partial charge in [0.05, 0.1) is 6.04 Å². The van der Waals surface area contributed by atoms with Crippen molar-refractivity contribution in [1.82, 2.24) is 19.9 Å². The number of hydrogen-bond donors (Lipinski definition) is 2. The molecule has 0 aliphatic heterocycles. The van der Waals surface area contributed by atoms with Crippen LogP contribution in [-0.4, -0.2) is 32.9 Å². The second kappa shape index (κ2) is 6.12. The van der Waals surface area contributed by atoms with Crippen molar-refractivity contribution in [1.29, 1.82) is 0 Å².